The van der Waals surface area contributed by atoms with E-state index in [9.17, 15) is 24.3 Å². The molecule has 12 heteroatoms. The van der Waals surface area contributed by atoms with Gasteiger partial charge in [-0.15, -0.1) is 0 Å². The lowest BCUT2D eigenvalue weighted by Gasteiger charge is -2.47. The lowest BCUT2D eigenvalue weighted by atomic mass is 9.81. The molecule has 2 saturated heterocycles. The van der Waals surface area contributed by atoms with Gasteiger partial charge in [0.15, 0.2) is 0 Å². The largest absolute Gasteiger partial charge is 0.496 e. The van der Waals surface area contributed by atoms with Crippen LogP contribution in [0.3, 0.4) is 0 Å². The maximum Gasteiger partial charge on any atom is 0.329 e. The summed E-state index contributed by atoms with van der Waals surface area (Å²) in [5.74, 6) is -6.06. The summed E-state index contributed by atoms with van der Waals surface area (Å²) < 4.78 is 30.5. The first-order valence-electron chi connectivity index (χ1n) is 21.9. The van der Waals surface area contributed by atoms with Gasteiger partial charge in [-0.1, -0.05) is 45.4 Å². The number of nitrogens with two attached hydrogens (primary N) is 1. The predicted octanol–water partition coefficient (Wildman–Crippen LogP) is 6.76. The molecule has 4 rings (SSSR count). The second kappa shape index (κ2) is 21.6. The first kappa shape index (κ1) is 47.8. The molecular formula is C46H74N2O10. The molecular weight excluding hydrogens is 741 g/mol. The number of carbonyl (C=O) groups excluding carboxylic acids is 4. The number of ketones is 2. The summed E-state index contributed by atoms with van der Waals surface area (Å²) >= 11 is 0. The van der Waals surface area contributed by atoms with E-state index >= 15 is 0 Å². The summed E-state index contributed by atoms with van der Waals surface area (Å²) in [7, 11) is 3.11. The molecule has 1 saturated carbocycles. The molecule has 3 N–H and O–H groups in total. The van der Waals surface area contributed by atoms with Crippen molar-refractivity contribution in [2.45, 2.75) is 181 Å². The molecule has 3 fully saturated rings. The molecule has 58 heavy (non-hydrogen) atoms. The van der Waals surface area contributed by atoms with Gasteiger partial charge >= 0.3 is 5.97 Å². The monoisotopic (exact) mass is 815 g/mol. The minimum Gasteiger partial charge on any atom is -0.496 e. The van der Waals surface area contributed by atoms with Crippen LogP contribution in [0.25, 0.3) is 0 Å². The van der Waals surface area contributed by atoms with Crippen molar-refractivity contribution in [3.8, 4) is 0 Å². The standard InChI is InChI=1S/C46H74N2O10/c1-11-34-21-28(4)20-29(5)22-39(54-9)42-40(55-10)24-32(8)46(53,58-42)43(50)44(51)48-19-13-12-14-36(48)45(52)57-41(30(6)15-18-37(34)49)31(7)23-33-16-17-35(47)38(25-33)56-26-27(2)3/h21,23,26,29-30,32-36,38-42,53H,11-20,22,24-25,47H2,1-10H3. The Hall–Kier alpha value is -2.90. The third kappa shape index (κ3) is 11.9. The molecule has 13 atom stereocenters. The zero-order valence-corrected chi connectivity index (χ0v) is 37.0. The lowest BCUT2D eigenvalue weighted by Crippen LogP contribution is -2.64. The zero-order valence-electron chi connectivity index (χ0n) is 37.0. The molecule has 13 unspecified atom stereocenters. The Labute approximate surface area is 347 Å². The van der Waals surface area contributed by atoms with Gasteiger partial charge in [0.05, 0.1) is 18.5 Å². The van der Waals surface area contributed by atoms with Crippen LogP contribution in [0.2, 0.25) is 0 Å². The summed E-state index contributed by atoms with van der Waals surface area (Å²) in [6, 6.07) is -1.12. The molecule has 0 spiro atoms. The SMILES string of the molecule is CCC1C=C(C)CC(C)CC(OC)C2OC(O)(C(=O)C(=O)N3CCCCC3C(=O)OC(C(C)=CC3CCC(N)C(OC=C(C)C)C3)C(C)CCC1=O)C(C)CC2OC. The Bertz CT molecular complexity index is 1520. The number of amides is 1. The summed E-state index contributed by atoms with van der Waals surface area (Å²) in [5.41, 5.74) is 9.46. The molecule has 1 amide bonds. The average Bonchev–Trinajstić information content (AvgIpc) is 3.19. The number of hydrogen-bond acceptors (Lipinski definition) is 11. The molecule has 1 aliphatic carbocycles. The first-order valence-corrected chi connectivity index (χ1v) is 21.9. The highest BCUT2D eigenvalue weighted by Gasteiger charge is 2.56. The van der Waals surface area contributed by atoms with Gasteiger partial charge in [0.25, 0.3) is 11.7 Å². The first-order chi connectivity index (χ1) is 27.4. The Balaban J connectivity index is 1.73. The number of fused-ring (bicyclic) bond motifs is 3. The van der Waals surface area contributed by atoms with E-state index in [0.29, 0.717) is 57.8 Å². The number of cyclic esters (lactones) is 1. The number of Topliss-reactive ketones (excluding diaryl/α,β-unsaturated/α-hetero) is 2. The second-order valence-corrected chi connectivity index (χ2v) is 18.2. The van der Waals surface area contributed by atoms with Crippen molar-refractivity contribution < 1.29 is 48.0 Å². The predicted molar refractivity (Wildman–Crippen MR) is 222 cm³/mol. The van der Waals surface area contributed by atoms with Gasteiger partial charge in [-0.3, -0.25) is 14.4 Å². The fourth-order valence-corrected chi connectivity index (χ4v) is 9.56. The number of allylic oxidation sites excluding steroid dienone is 4. The number of ether oxygens (including phenoxy) is 5. The van der Waals surface area contributed by atoms with Gasteiger partial charge in [-0.2, -0.15) is 0 Å². The Morgan fingerprint density at radius 1 is 0.966 bits per heavy atom. The van der Waals surface area contributed by atoms with Crippen LogP contribution in [0.4, 0.5) is 0 Å². The number of rotatable bonds is 7. The fourth-order valence-electron chi connectivity index (χ4n) is 9.56. The number of aliphatic hydroxyl groups is 1. The summed E-state index contributed by atoms with van der Waals surface area (Å²) in [6.45, 7) is 15.9. The molecule has 4 aliphatic rings. The highest BCUT2D eigenvalue weighted by Crippen LogP contribution is 2.39. The molecule has 2 bridgehead atoms. The van der Waals surface area contributed by atoms with Gasteiger partial charge in [-0.25, -0.2) is 4.79 Å². The van der Waals surface area contributed by atoms with Gasteiger partial charge in [0, 0.05) is 45.1 Å². The van der Waals surface area contributed by atoms with Crippen LogP contribution in [-0.2, 0) is 42.9 Å². The molecule has 0 aromatic rings. The topological polar surface area (TPSA) is 164 Å². The van der Waals surface area contributed by atoms with Crippen LogP contribution in [0.15, 0.2) is 35.1 Å². The van der Waals surface area contributed by atoms with Gasteiger partial charge < -0.3 is 39.4 Å². The third-order valence-corrected chi connectivity index (χ3v) is 13.0. The third-order valence-electron chi connectivity index (χ3n) is 13.0. The fraction of sp³-hybridized carbons (Fsp3) is 0.783. The van der Waals surface area contributed by atoms with Crippen LogP contribution in [0.1, 0.15) is 132 Å². The van der Waals surface area contributed by atoms with Crippen molar-refractivity contribution >= 4 is 23.4 Å². The van der Waals surface area contributed by atoms with E-state index in [1.54, 1.807) is 27.4 Å². The molecule has 0 radical (unpaired) electrons. The molecule has 328 valence electrons. The van der Waals surface area contributed by atoms with Gasteiger partial charge in [-0.05, 0) is 127 Å². The molecule has 0 aromatic carbocycles. The number of nitrogens with zero attached hydrogens (tertiary/aromatic N) is 1. The molecule has 12 nitrogen and oxygen atoms in total. The molecule has 3 aliphatic heterocycles. The van der Waals surface area contributed by atoms with Crippen LogP contribution >= 0.6 is 0 Å². The number of methoxy groups -OCH3 is 2. The summed E-state index contributed by atoms with van der Waals surface area (Å²) in [4.78, 5) is 58.0. The van der Waals surface area contributed by atoms with Crippen molar-refractivity contribution in [1.29, 1.82) is 0 Å². The maximum absolute atomic E-state index is 14.4. The Kier molecular flexibility index (Phi) is 17.8. The highest BCUT2D eigenvalue weighted by molar-refractivity contribution is 6.39. The second-order valence-electron chi connectivity index (χ2n) is 18.2. The van der Waals surface area contributed by atoms with Crippen molar-refractivity contribution in [2.75, 3.05) is 20.8 Å². The van der Waals surface area contributed by atoms with Crippen LogP contribution in [-0.4, -0.2) is 103 Å². The van der Waals surface area contributed by atoms with Crippen molar-refractivity contribution in [1.82, 2.24) is 4.90 Å². The van der Waals surface area contributed by atoms with Crippen molar-refractivity contribution in [3.05, 3.63) is 35.1 Å². The van der Waals surface area contributed by atoms with Gasteiger partial charge in [0.2, 0.25) is 5.79 Å². The van der Waals surface area contributed by atoms with Crippen LogP contribution in [0, 0.1) is 29.6 Å². The van der Waals surface area contributed by atoms with E-state index in [2.05, 4.69) is 19.1 Å². The van der Waals surface area contributed by atoms with E-state index < -0.39 is 59.8 Å². The number of piperidine rings is 1. The Morgan fingerprint density at radius 2 is 1.66 bits per heavy atom. The van der Waals surface area contributed by atoms with Crippen LogP contribution < -0.4 is 5.73 Å². The van der Waals surface area contributed by atoms with E-state index in [1.807, 2.05) is 41.5 Å². The zero-order chi connectivity index (χ0) is 42.9. The average molecular weight is 815 g/mol. The minimum atomic E-state index is -2.46. The van der Waals surface area contributed by atoms with E-state index in [-0.39, 0.29) is 54.6 Å². The molecule has 3 heterocycles. The van der Waals surface area contributed by atoms with E-state index in [0.717, 1.165) is 29.6 Å². The quantitative estimate of drug-likeness (QED) is 0.121. The number of carbonyl (C=O) groups is 4. The summed E-state index contributed by atoms with van der Waals surface area (Å²) in [6.07, 6.45) is 10.1. The Morgan fingerprint density at radius 3 is 2.31 bits per heavy atom. The van der Waals surface area contributed by atoms with Crippen molar-refractivity contribution in [3.63, 3.8) is 0 Å². The highest BCUT2D eigenvalue weighted by atomic mass is 16.7. The maximum atomic E-state index is 14.4. The lowest BCUT2D eigenvalue weighted by molar-refractivity contribution is -0.302. The number of hydrogen-bond donors (Lipinski definition) is 2. The van der Waals surface area contributed by atoms with Crippen LogP contribution in [0.5, 0.6) is 0 Å². The van der Waals surface area contributed by atoms with Crippen molar-refractivity contribution in [2.24, 2.45) is 35.3 Å². The normalized spacial score (nSPS) is 38.2. The van der Waals surface area contributed by atoms with E-state index in [1.165, 1.54) is 4.90 Å². The molecule has 0 aromatic heterocycles. The van der Waals surface area contributed by atoms with E-state index in [4.69, 9.17) is 29.4 Å². The number of esters is 1. The summed E-state index contributed by atoms with van der Waals surface area (Å²) in [5, 5.41) is 12.1. The minimum absolute atomic E-state index is 0.0868. The van der Waals surface area contributed by atoms with Gasteiger partial charge in [0.1, 0.15) is 30.1 Å². The smallest absolute Gasteiger partial charge is 0.329 e.